The van der Waals surface area contributed by atoms with Crippen LogP contribution in [0.25, 0.3) is 0 Å². The molecule has 0 spiro atoms. The highest BCUT2D eigenvalue weighted by atomic mass is 32.1. The molecule has 1 fully saturated rings. The van der Waals surface area contributed by atoms with Gasteiger partial charge in [-0.3, -0.25) is 4.79 Å². The molecular weight excluding hydrogens is 300 g/mol. The molecule has 2 heterocycles. The third-order valence-electron chi connectivity index (χ3n) is 4.53. The predicted molar refractivity (Wildman–Crippen MR) is 85.7 cm³/mol. The fourth-order valence-electron chi connectivity index (χ4n) is 3.44. The molecule has 0 aromatic carbocycles. The van der Waals surface area contributed by atoms with Crippen LogP contribution >= 0.6 is 11.3 Å². The monoisotopic (exact) mass is 323 g/mol. The number of carbonyl (C=O) groups excluding carboxylic acids is 2. The van der Waals surface area contributed by atoms with Gasteiger partial charge < -0.3 is 15.0 Å². The Balaban J connectivity index is 1.71. The Bertz CT molecular complexity index is 576. The van der Waals surface area contributed by atoms with Crippen molar-refractivity contribution >= 4 is 28.2 Å². The zero-order chi connectivity index (χ0) is 15.5. The SMILES string of the molecule is COC(=O)c1c(NC(=O)C[NH+]2CCCCC2)sc2c1CCC2. The number of piperidine rings is 1. The van der Waals surface area contributed by atoms with Crippen molar-refractivity contribution in [1.82, 2.24) is 0 Å². The number of thiophene rings is 1. The fraction of sp³-hybridized carbons (Fsp3) is 0.625. The first kappa shape index (κ1) is 15.5. The molecule has 0 unspecified atom stereocenters. The number of amides is 1. The summed E-state index contributed by atoms with van der Waals surface area (Å²) >= 11 is 1.54. The van der Waals surface area contributed by atoms with Gasteiger partial charge in [-0.1, -0.05) is 0 Å². The van der Waals surface area contributed by atoms with Crippen LogP contribution in [0.15, 0.2) is 0 Å². The average Bonchev–Trinajstić information content (AvgIpc) is 3.08. The van der Waals surface area contributed by atoms with Gasteiger partial charge in [0.15, 0.2) is 6.54 Å². The van der Waals surface area contributed by atoms with Crippen molar-refractivity contribution in [2.24, 2.45) is 0 Å². The fourth-order valence-corrected chi connectivity index (χ4v) is 4.73. The van der Waals surface area contributed by atoms with Crippen molar-refractivity contribution in [3.63, 3.8) is 0 Å². The van der Waals surface area contributed by atoms with Gasteiger partial charge >= 0.3 is 5.97 Å². The summed E-state index contributed by atoms with van der Waals surface area (Å²) in [5, 5.41) is 3.64. The van der Waals surface area contributed by atoms with Crippen LogP contribution in [0.1, 0.15) is 46.5 Å². The number of hydrogen-bond donors (Lipinski definition) is 2. The van der Waals surface area contributed by atoms with Crippen LogP contribution in [0.3, 0.4) is 0 Å². The number of likely N-dealkylation sites (tertiary alicyclic amines) is 1. The molecule has 5 nitrogen and oxygen atoms in total. The molecule has 1 aliphatic carbocycles. The molecule has 2 aliphatic rings. The number of methoxy groups -OCH3 is 1. The van der Waals surface area contributed by atoms with Crippen LogP contribution in [-0.4, -0.2) is 38.6 Å². The van der Waals surface area contributed by atoms with Crippen LogP contribution in [0, 0.1) is 0 Å². The minimum absolute atomic E-state index is 0.00183. The van der Waals surface area contributed by atoms with Crippen LogP contribution < -0.4 is 10.2 Å². The lowest BCUT2D eigenvalue weighted by Gasteiger charge is -2.22. The second kappa shape index (κ2) is 6.79. The number of aryl methyl sites for hydroxylation is 1. The Morgan fingerprint density at radius 2 is 1.95 bits per heavy atom. The first-order valence-corrected chi connectivity index (χ1v) is 8.87. The molecule has 1 aromatic rings. The first-order valence-electron chi connectivity index (χ1n) is 8.05. The average molecular weight is 323 g/mol. The van der Waals surface area contributed by atoms with Gasteiger partial charge in [0.2, 0.25) is 0 Å². The van der Waals surface area contributed by atoms with Gasteiger partial charge in [0.05, 0.1) is 25.8 Å². The normalized spacial score (nSPS) is 18.0. The van der Waals surface area contributed by atoms with Gasteiger partial charge in [0.1, 0.15) is 5.00 Å². The largest absolute Gasteiger partial charge is 0.465 e. The van der Waals surface area contributed by atoms with Crippen molar-refractivity contribution in [3.05, 3.63) is 16.0 Å². The van der Waals surface area contributed by atoms with Crippen molar-refractivity contribution in [1.29, 1.82) is 0 Å². The second-order valence-corrected chi connectivity index (χ2v) is 7.19. The van der Waals surface area contributed by atoms with E-state index in [0.29, 0.717) is 17.1 Å². The Kier molecular flexibility index (Phi) is 4.78. The molecule has 1 saturated heterocycles. The van der Waals surface area contributed by atoms with E-state index in [4.69, 9.17) is 4.74 Å². The first-order chi connectivity index (χ1) is 10.7. The molecule has 0 saturated carbocycles. The van der Waals surface area contributed by atoms with E-state index in [1.165, 1.54) is 36.1 Å². The molecule has 3 rings (SSSR count). The minimum Gasteiger partial charge on any atom is -0.465 e. The highest BCUT2D eigenvalue weighted by molar-refractivity contribution is 7.17. The molecule has 1 aliphatic heterocycles. The van der Waals surface area contributed by atoms with Crippen LogP contribution in [0.4, 0.5) is 5.00 Å². The molecule has 0 bridgehead atoms. The molecule has 1 amide bonds. The summed E-state index contributed by atoms with van der Waals surface area (Å²) in [6.07, 6.45) is 6.65. The predicted octanol–water partition coefficient (Wildman–Crippen LogP) is 1.03. The highest BCUT2D eigenvalue weighted by Gasteiger charge is 2.28. The molecule has 1 aromatic heterocycles. The summed E-state index contributed by atoms with van der Waals surface area (Å²) in [5.74, 6) is -0.331. The Morgan fingerprint density at radius 3 is 2.68 bits per heavy atom. The number of ether oxygens (including phenoxy) is 1. The summed E-state index contributed by atoms with van der Waals surface area (Å²) in [6.45, 7) is 2.62. The van der Waals surface area contributed by atoms with Crippen molar-refractivity contribution in [3.8, 4) is 0 Å². The topological polar surface area (TPSA) is 59.8 Å². The van der Waals surface area contributed by atoms with E-state index in [1.807, 2.05) is 0 Å². The number of rotatable bonds is 4. The van der Waals surface area contributed by atoms with Crippen LogP contribution in [0.5, 0.6) is 0 Å². The van der Waals surface area contributed by atoms with Crippen molar-refractivity contribution in [2.45, 2.75) is 38.5 Å². The van der Waals surface area contributed by atoms with Crippen LogP contribution in [-0.2, 0) is 22.4 Å². The summed E-state index contributed by atoms with van der Waals surface area (Å²) in [4.78, 5) is 26.9. The van der Waals surface area contributed by atoms with Gasteiger partial charge in [-0.15, -0.1) is 11.3 Å². The molecule has 2 N–H and O–H groups in total. The number of quaternary nitrogens is 1. The Hall–Kier alpha value is -1.40. The summed E-state index contributed by atoms with van der Waals surface area (Å²) in [5.41, 5.74) is 1.67. The van der Waals surface area contributed by atoms with E-state index in [9.17, 15) is 9.59 Å². The number of hydrogen-bond acceptors (Lipinski definition) is 4. The zero-order valence-corrected chi connectivity index (χ0v) is 13.8. The smallest absolute Gasteiger partial charge is 0.341 e. The summed E-state index contributed by atoms with van der Waals surface area (Å²) in [7, 11) is 1.39. The minimum atomic E-state index is -0.333. The van der Waals surface area contributed by atoms with Crippen molar-refractivity contribution < 1.29 is 19.2 Å². The molecule has 0 radical (unpaired) electrons. The molecule has 6 heteroatoms. The second-order valence-electron chi connectivity index (χ2n) is 6.09. The number of anilines is 1. The maximum Gasteiger partial charge on any atom is 0.341 e. The van der Waals surface area contributed by atoms with E-state index < -0.39 is 0 Å². The van der Waals surface area contributed by atoms with Crippen LogP contribution in [0.2, 0.25) is 0 Å². The maximum atomic E-state index is 12.3. The van der Waals surface area contributed by atoms with Gasteiger partial charge in [-0.05, 0) is 44.1 Å². The standard InChI is InChI=1S/C16H22N2O3S/c1-21-16(20)14-11-6-5-7-12(11)22-15(14)17-13(19)10-18-8-3-2-4-9-18/h2-10H2,1H3,(H,17,19)/p+1. The van der Waals surface area contributed by atoms with E-state index >= 15 is 0 Å². The quantitative estimate of drug-likeness (QED) is 0.814. The van der Waals surface area contributed by atoms with E-state index in [0.717, 1.165) is 37.9 Å². The Morgan fingerprint density at radius 1 is 1.18 bits per heavy atom. The molecule has 0 atom stereocenters. The number of fused-ring (bicyclic) bond motifs is 1. The number of carbonyl (C=O) groups is 2. The molecular formula is C16H23N2O3S+. The lowest BCUT2D eigenvalue weighted by Crippen LogP contribution is -3.13. The molecule has 22 heavy (non-hydrogen) atoms. The van der Waals surface area contributed by atoms with E-state index in [2.05, 4.69) is 5.32 Å². The summed E-state index contributed by atoms with van der Waals surface area (Å²) in [6, 6.07) is 0. The van der Waals surface area contributed by atoms with Gasteiger partial charge in [-0.25, -0.2) is 4.79 Å². The highest BCUT2D eigenvalue weighted by Crippen LogP contribution is 2.39. The van der Waals surface area contributed by atoms with Gasteiger partial charge in [0.25, 0.3) is 5.91 Å². The lowest BCUT2D eigenvalue weighted by atomic mass is 10.1. The van der Waals surface area contributed by atoms with Gasteiger partial charge in [0, 0.05) is 4.88 Å². The maximum absolute atomic E-state index is 12.3. The third-order valence-corrected chi connectivity index (χ3v) is 5.74. The Labute approximate surface area is 134 Å². The summed E-state index contributed by atoms with van der Waals surface area (Å²) < 4.78 is 4.90. The zero-order valence-electron chi connectivity index (χ0n) is 13.0. The molecule has 120 valence electrons. The lowest BCUT2D eigenvalue weighted by molar-refractivity contribution is -0.896. The number of nitrogens with one attached hydrogen (secondary N) is 2. The third kappa shape index (κ3) is 3.17. The van der Waals surface area contributed by atoms with Crippen molar-refractivity contribution in [2.75, 3.05) is 32.1 Å². The number of esters is 1. The van der Waals surface area contributed by atoms with Gasteiger partial charge in [-0.2, -0.15) is 0 Å². The van der Waals surface area contributed by atoms with E-state index in [-0.39, 0.29) is 11.9 Å². The van der Waals surface area contributed by atoms with E-state index in [1.54, 1.807) is 11.3 Å².